The van der Waals surface area contributed by atoms with E-state index in [-0.39, 0.29) is 23.9 Å². The molecular weight excluding hydrogens is 575 g/mol. The van der Waals surface area contributed by atoms with Crippen LogP contribution in [0.2, 0.25) is 0 Å². The topological polar surface area (TPSA) is 90.5 Å². The van der Waals surface area contributed by atoms with E-state index >= 15 is 0 Å². The molecule has 0 radical (unpaired) electrons. The quantitative estimate of drug-likeness (QED) is 0.232. The molecule has 40 heavy (non-hydrogen) atoms. The highest BCUT2D eigenvalue weighted by Crippen LogP contribution is 2.28. The molecule has 0 aromatic heterocycles. The minimum absolute atomic E-state index is 0.0942. The monoisotopic (exact) mass is 600 g/mol. The van der Waals surface area contributed by atoms with E-state index in [1.165, 1.54) is 12.1 Å². The van der Waals surface area contributed by atoms with Gasteiger partial charge in [-0.1, -0.05) is 52.3 Å². The number of amides is 4. The van der Waals surface area contributed by atoms with Crippen LogP contribution in [0.1, 0.15) is 27.0 Å². The van der Waals surface area contributed by atoms with E-state index in [2.05, 4.69) is 31.9 Å². The predicted molar refractivity (Wildman–Crippen MR) is 157 cm³/mol. The molecule has 0 fully saturated rings. The van der Waals surface area contributed by atoms with Crippen molar-refractivity contribution in [3.8, 4) is 0 Å². The SMILES string of the molecule is O=C(Cc1ccc(Br)cc1)Nc1ccc(C(=O)N2CCc3c(cccc3NC(=O)Nc3ccccc3F)C2)cc1. The van der Waals surface area contributed by atoms with E-state index in [1.807, 2.05) is 36.4 Å². The van der Waals surface area contributed by atoms with Gasteiger partial charge < -0.3 is 20.9 Å². The van der Waals surface area contributed by atoms with E-state index in [1.54, 1.807) is 47.4 Å². The van der Waals surface area contributed by atoms with Gasteiger partial charge in [0.15, 0.2) is 0 Å². The van der Waals surface area contributed by atoms with E-state index < -0.39 is 11.8 Å². The molecule has 1 heterocycles. The maximum absolute atomic E-state index is 13.9. The van der Waals surface area contributed by atoms with Crippen LogP contribution in [0.4, 0.5) is 26.2 Å². The maximum atomic E-state index is 13.9. The van der Waals surface area contributed by atoms with Crippen molar-refractivity contribution in [3.63, 3.8) is 0 Å². The number of hydrogen-bond acceptors (Lipinski definition) is 3. The Bertz CT molecular complexity index is 1560. The molecule has 0 spiro atoms. The molecule has 3 N–H and O–H groups in total. The van der Waals surface area contributed by atoms with Gasteiger partial charge in [-0.2, -0.15) is 0 Å². The number of carbonyl (C=O) groups excluding carboxylic acids is 3. The third-order valence-electron chi connectivity index (χ3n) is 6.62. The van der Waals surface area contributed by atoms with Gasteiger partial charge in [-0.05, 0) is 77.7 Å². The lowest BCUT2D eigenvalue weighted by Crippen LogP contribution is -2.36. The summed E-state index contributed by atoms with van der Waals surface area (Å²) in [4.78, 5) is 39.9. The van der Waals surface area contributed by atoms with Crippen molar-refractivity contribution in [2.24, 2.45) is 0 Å². The fourth-order valence-electron chi connectivity index (χ4n) is 4.61. The van der Waals surface area contributed by atoms with Gasteiger partial charge in [-0.3, -0.25) is 9.59 Å². The number of rotatable bonds is 6. The zero-order valence-electron chi connectivity index (χ0n) is 21.4. The van der Waals surface area contributed by atoms with Crippen molar-refractivity contribution in [1.29, 1.82) is 0 Å². The van der Waals surface area contributed by atoms with Crippen molar-refractivity contribution in [2.45, 2.75) is 19.4 Å². The number of halogens is 2. The van der Waals surface area contributed by atoms with Crippen molar-refractivity contribution in [1.82, 2.24) is 4.90 Å². The summed E-state index contributed by atoms with van der Waals surface area (Å²) in [7, 11) is 0. The summed E-state index contributed by atoms with van der Waals surface area (Å²) in [5.41, 5.74) is 4.64. The summed E-state index contributed by atoms with van der Waals surface area (Å²) in [5.74, 6) is -0.770. The molecule has 0 saturated carbocycles. The lowest BCUT2D eigenvalue weighted by molar-refractivity contribution is -0.115. The highest BCUT2D eigenvalue weighted by atomic mass is 79.9. The van der Waals surface area contributed by atoms with Crippen LogP contribution in [-0.4, -0.2) is 29.3 Å². The van der Waals surface area contributed by atoms with Gasteiger partial charge in [0.1, 0.15) is 5.82 Å². The van der Waals surface area contributed by atoms with Gasteiger partial charge in [0.05, 0.1) is 12.1 Å². The molecule has 0 aliphatic carbocycles. The molecule has 4 aromatic carbocycles. The number of para-hydroxylation sites is 1. The van der Waals surface area contributed by atoms with Crippen LogP contribution in [0.5, 0.6) is 0 Å². The van der Waals surface area contributed by atoms with E-state index in [4.69, 9.17) is 0 Å². The Morgan fingerprint density at radius 1 is 0.800 bits per heavy atom. The number of benzene rings is 4. The summed E-state index contributed by atoms with van der Waals surface area (Å²) in [5, 5.41) is 8.20. The summed E-state index contributed by atoms with van der Waals surface area (Å²) in [6.45, 7) is 0.870. The largest absolute Gasteiger partial charge is 0.334 e. The van der Waals surface area contributed by atoms with Crippen LogP contribution in [0.25, 0.3) is 0 Å². The van der Waals surface area contributed by atoms with Crippen molar-refractivity contribution >= 4 is 50.8 Å². The van der Waals surface area contributed by atoms with Gasteiger partial charge in [0.2, 0.25) is 5.91 Å². The average Bonchev–Trinajstić information content (AvgIpc) is 2.95. The van der Waals surface area contributed by atoms with Gasteiger partial charge >= 0.3 is 6.03 Å². The number of hydrogen-bond donors (Lipinski definition) is 3. The molecule has 4 aromatic rings. The first-order valence-electron chi connectivity index (χ1n) is 12.7. The second-order valence-electron chi connectivity index (χ2n) is 9.41. The van der Waals surface area contributed by atoms with E-state index in [9.17, 15) is 18.8 Å². The van der Waals surface area contributed by atoms with E-state index in [0.29, 0.717) is 36.4 Å². The Morgan fingerprint density at radius 2 is 1.50 bits per heavy atom. The molecular formula is C31H26BrFN4O3. The first-order valence-corrected chi connectivity index (χ1v) is 13.5. The Balaban J connectivity index is 1.19. The summed E-state index contributed by atoms with van der Waals surface area (Å²) >= 11 is 3.38. The van der Waals surface area contributed by atoms with Crippen LogP contribution in [0.15, 0.2) is 95.5 Å². The smallest absolute Gasteiger partial charge is 0.323 e. The van der Waals surface area contributed by atoms with Gasteiger partial charge in [0.25, 0.3) is 5.91 Å². The van der Waals surface area contributed by atoms with Crippen LogP contribution >= 0.6 is 15.9 Å². The molecule has 7 nitrogen and oxygen atoms in total. The zero-order valence-corrected chi connectivity index (χ0v) is 23.0. The molecule has 0 bridgehead atoms. The minimum atomic E-state index is -0.541. The number of urea groups is 1. The Labute approximate surface area is 239 Å². The third kappa shape index (κ3) is 6.55. The van der Waals surface area contributed by atoms with Gasteiger partial charge in [0, 0.05) is 34.5 Å². The summed E-state index contributed by atoms with van der Waals surface area (Å²) in [6.07, 6.45) is 0.810. The predicted octanol–water partition coefficient (Wildman–Crippen LogP) is 6.61. The Morgan fingerprint density at radius 3 is 2.25 bits per heavy atom. The van der Waals surface area contributed by atoms with Crippen LogP contribution in [0.3, 0.4) is 0 Å². The lowest BCUT2D eigenvalue weighted by atomic mass is 9.97. The normalized spacial score (nSPS) is 12.3. The van der Waals surface area contributed by atoms with Crippen LogP contribution < -0.4 is 16.0 Å². The zero-order chi connectivity index (χ0) is 28.1. The van der Waals surface area contributed by atoms with Gasteiger partial charge in [-0.15, -0.1) is 0 Å². The first-order chi connectivity index (χ1) is 19.4. The first kappa shape index (κ1) is 27.1. The number of fused-ring (bicyclic) bond motifs is 1. The fraction of sp³-hybridized carbons (Fsp3) is 0.129. The average molecular weight is 601 g/mol. The highest BCUT2D eigenvalue weighted by Gasteiger charge is 2.24. The third-order valence-corrected chi connectivity index (χ3v) is 7.15. The molecule has 9 heteroatoms. The van der Waals surface area contributed by atoms with E-state index in [0.717, 1.165) is 21.2 Å². The molecule has 0 atom stereocenters. The maximum Gasteiger partial charge on any atom is 0.323 e. The summed E-state index contributed by atoms with van der Waals surface area (Å²) < 4.78 is 14.8. The second kappa shape index (κ2) is 12.1. The molecule has 202 valence electrons. The number of nitrogens with one attached hydrogen (secondary N) is 3. The Hall–Kier alpha value is -4.50. The van der Waals surface area contributed by atoms with Crippen molar-refractivity contribution < 1.29 is 18.8 Å². The lowest BCUT2D eigenvalue weighted by Gasteiger charge is -2.30. The molecule has 0 saturated heterocycles. The Kier molecular flexibility index (Phi) is 8.21. The molecule has 4 amide bonds. The van der Waals surface area contributed by atoms with Crippen molar-refractivity contribution in [2.75, 3.05) is 22.5 Å². The minimum Gasteiger partial charge on any atom is -0.334 e. The standard InChI is InChI=1S/C31H26BrFN4O3/c32-23-12-8-20(9-13-23)18-29(38)34-24-14-10-21(11-15-24)30(39)37-17-16-25-22(19-37)4-3-7-27(25)35-31(40)36-28-6-2-1-5-26(28)33/h1-15H,16-19H2,(H,34,38)(H2,35,36,40). The van der Waals surface area contributed by atoms with Crippen molar-refractivity contribution in [3.05, 3.63) is 124 Å². The fourth-order valence-corrected chi connectivity index (χ4v) is 4.87. The second-order valence-corrected chi connectivity index (χ2v) is 10.3. The summed E-state index contributed by atoms with van der Waals surface area (Å²) in [6, 6.07) is 25.4. The molecule has 0 unspecified atom stereocenters. The molecule has 5 rings (SSSR count). The van der Waals surface area contributed by atoms with Gasteiger partial charge in [-0.25, -0.2) is 9.18 Å². The number of carbonyl (C=O) groups is 3. The highest BCUT2D eigenvalue weighted by molar-refractivity contribution is 9.10. The number of anilines is 3. The molecule has 1 aliphatic rings. The molecule has 1 aliphatic heterocycles. The van der Waals surface area contributed by atoms with Crippen LogP contribution in [-0.2, 0) is 24.2 Å². The number of nitrogens with zero attached hydrogens (tertiary/aromatic N) is 1. The van der Waals surface area contributed by atoms with Crippen LogP contribution in [0, 0.1) is 5.82 Å².